The van der Waals surface area contributed by atoms with Crippen LogP contribution in [0.15, 0.2) is 18.2 Å². The zero-order valence-corrected chi connectivity index (χ0v) is 13.0. The van der Waals surface area contributed by atoms with Crippen molar-refractivity contribution in [2.75, 3.05) is 19.8 Å². The van der Waals surface area contributed by atoms with Gasteiger partial charge in [0.2, 0.25) is 5.91 Å². The molecule has 0 bridgehead atoms. The predicted molar refractivity (Wildman–Crippen MR) is 83.0 cm³/mol. The molecule has 1 aromatic carbocycles. The van der Waals surface area contributed by atoms with Crippen molar-refractivity contribution in [1.82, 2.24) is 5.32 Å². The Bertz CT molecular complexity index is 393. The molecule has 112 valence electrons. The van der Waals surface area contributed by atoms with E-state index in [2.05, 4.69) is 44.3 Å². The van der Waals surface area contributed by atoms with Crippen LogP contribution in [0.2, 0.25) is 0 Å². The van der Waals surface area contributed by atoms with E-state index in [0.29, 0.717) is 19.6 Å². The van der Waals surface area contributed by atoms with E-state index in [0.717, 1.165) is 25.9 Å². The SMILES string of the molecule is CCCOCCNC(=O)Cc1c(CC)cccc1CC. The molecule has 0 aliphatic carbocycles. The first-order valence-corrected chi connectivity index (χ1v) is 7.66. The van der Waals surface area contributed by atoms with Gasteiger partial charge in [0.05, 0.1) is 13.0 Å². The lowest BCUT2D eigenvalue weighted by Gasteiger charge is -2.13. The molecule has 0 fully saturated rings. The molecule has 1 N–H and O–H groups in total. The summed E-state index contributed by atoms with van der Waals surface area (Å²) in [6.45, 7) is 8.29. The van der Waals surface area contributed by atoms with E-state index in [1.807, 2.05) is 0 Å². The lowest BCUT2D eigenvalue weighted by molar-refractivity contribution is -0.120. The van der Waals surface area contributed by atoms with Gasteiger partial charge in [0.1, 0.15) is 0 Å². The van der Waals surface area contributed by atoms with Crippen LogP contribution in [0.5, 0.6) is 0 Å². The fourth-order valence-corrected chi connectivity index (χ4v) is 2.31. The monoisotopic (exact) mass is 277 g/mol. The number of ether oxygens (including phenoxy) is 1. The Hall–Kier alpha value is -1.35. The summed E-state index contributed by atoms with van der Waals surface area (Å²) < 4.78 is 5.36. The van der Waals surface area contributed by atoms with E-state index < -0.39 is 0 Å². The summed E-state index contributed by atoms with van der Waals surface area (Å²) in [7, 11) is 0. The molecule has 0 spiro atoms. The van der Waals surface area contributed by atoms with Crippen molar-refractivity contribution in [3.8, 4) is 0 Å². The van der Waals surface area contributed by atoms with Crippen LogP contribution in [0.4, 0.5) is 0 Å². The Balaban J connectivity index is 2.52. The summed E-state index contributed by atoms with van der Waals surface area (Å²) in [4.78, 5) is 12.0. The number of hydrogen-bond acceptors (Lipinski definition) is 2. The maximum atomic E-state index is 12.0. The van der Waals surface area contributed by atoms with Crippen LogP contribution in [-0.4, -0.2) is 25.7 Å². The zero-order valence-electron chi connectivity index (χ0n) is 13.0. The van der Waals surface area contributed by atoms with Gasteiger partial charge in [-0.2, -0.15) is 0 Å². The second-order valence-electron chi connectivity index (χ2n) is 4.90. The smallest absolute Gasteiger partial charge is 0.224 e. The van der Waals surface area contributed by atoms with Crippen LogP contribution >= 0.6 is 0 Å². The highest BCUT2D eigenvalue weighted by molar-refractivity contribution is 5.79. The van der Waals surface area contributed by atoms with Crippen molar-refractivity contribution < 1.29 is 9.53 Å². The van der Waals surface area contributed by atoms with Crippen LogP contribution in [0, 0.1) is 0 Å². The first kappa shape index (κ1) is 16.7. The number of amides is 1. The maximum absolute atomic E-state index is 12.0. The van der Waals surface area contributed by atoms with Crippen molar-refractivity contribution in [2.45, 2.75) is 46.5 Å². The third-order valence-electron chi connectivity index (χ3n) is 3.39. The topological polar surface area (TPSA) is 38.3 Å². The lowest BCUT2D eigenvalue weighted by Crippen LogP contribution is -2.29. The standard InChI is InChI=1S/C17H27NO2/c1-4-11-20-12-10-18-17(19)13-16-14(5-2)8-7-9-15(16)6-3/h7-9H,4-6,10-13H2,1-3H3,(H,18,19). The number of rotatable bonds is 9. The molecular formula is C17H27NO2. The lowest BCUT2D eigenvalue weighted by atomic mass is 9.95. The maximum Gasteiger partial charge on any atom is 0.224 e. The summed E-state index contributed by atoms with van der Waals surface area (Å²) >= 11 is 0. The molecule has 0 saturated heterocycles. The van der Waals surface area contributed by atoms with E-state index >= 15 is 0 Å². The number of hydrogen-bond donors (Lipinski definition) is 1. The van der Waals surface area contributed by atoms with Gasteiger partial charge >= 0.3 is 0 Å². The fraction of sp³-hybridized carbons (Fsp3) is 0.588. The van der Waals surface area contributed by atoms with E-state index in [-0.39, 0.29) is 5.91 Å². The Morgan fingerprint density at radius 2 is 1.75 bits per heavy atom. The van der Waals surface area contributed by atoms with Gasteiger partial charge in [-0.3, -0.25) is 4.79 Å². The normalized spacial score (nSPS) is 10.6. The minimum Gasteiger partial charge on any atom is -0.380 e. The number of aryl methyl sites for hydroxylation is 2. The number of carbonyl (C=O) groups is 1. The highest BCUT2D eigenvalue weighted by atomic mass is 16.5. The van der Waals surface area contributed by atoms with Crippen molar-refractivity contribution in [2.24, 2.45) is 0 Å². The third kappa shape index (κ3) is 5.33. The van der Waals surface area contributed by atoms with E-state index in [1.165, 1.54) is 16.7 Å². The fourth-order valence-electron chi connectivity index (χ4n) is 2.31. The number of carbonyl (C=O) groups excluding carboxylic acids is 1. The van der Waals surface area contributed by atoms with Crippen molar-refractivity contribution in [3.05, 3.63) is 34.9 Å². The first-order chi connectivity index (χ1) is 9.72. The van der Waals surface area contributed by atoms with Gasteiger partial charge in [-0.05, 0) is 36.0 Å². The van der Waals surface area contributed by atoms with E-state index in [9.17, 15) is 4.79 Å². The Labute approximate surface area is 122 Å². The minimum atomic E-state index is 0.0840. The molecule has 1 amide bonds. The van der Waals surface area contributed by atoms with Gasteiger partial charge < -0.3 is 10.1 Å². The van der Waals surface area contributed by atoms with Crippen LogP contribution in [0.25, 0.3) is 0 Å². The minimum absolute atomic E-state index is 0.0840. The molecule has 0 aliphatic heterocycles. The molecule has 0 radical (unpaired) electrons. The Morgan fingerprint density at radius 1 is 1.10 bits per heavy atom. The van der Waals surface area contributed by atoms with Crippen LogP contribution in [0.3, 0.4) is 0 Å². The molecule has 0 atom stereocenters. The van der Waals surface area contributed by atoms with Gasteiger partial charge in [-0.25, -0.2) is 0 Å². The zero-order chi connectivity index (χ0) is 14.8. The van der Waals surface area contributed by atoms with Crippen molar-refractivity contribution in [3.63, 3.8) is 0 Å². The van der Waals surface area contributed by atoms with Crippen LogP contribution in [-0.2, 0) is 28.8 Å². The second kappa shape index (κ2) is 9.54. The molecule has 0 aliphatic rings. The average Bonchev–Trinajstić information content (AvgIpc) is 2.47. The molecule has 3 nitrogen and oxygen atoms in total. The molecule has 1 aromatic rings. The van der Waals surface area contributed by atoms with Crippen molar-refractivity contribution >= 4 is 5.91 Å². The summed E-state index contributed by atoms with van der Waals surface area (Å²) in [5.41, 5.74) is 3.76. The van der Waals surface area contributed by atoms with Gasteiger partial charge in [0.15, 0.2) is 0 Å². The molecule has 0 aromatic heterocycles. The Kier molecular flexibility index (Phi) is 7.97. The summed E-state index contributed by atoms with van der Waals surface area (Å²) in [5, 5.41) is 2.93. The number of benzene rings is 1. The molecule has 0 saturated carbocycles. The summed E-state index contributed by atoms with van der Waals surface area (Å²) in [6.07, 6.45) is 3.42. The van der Waals surface area contributed by atoms with E-state index in [4.69, 9.17) is 4.74 Å². The van der Waals surface area contributed by atoms with Gasteiger partial charge in [0.25, 0.3) is 0 Å². The Morgan fingerprint density at radius 3 is 2.30 bits per heavy atom. The highest BCUT2D eigenvalue weighted by Gasteiger charge is 2.10. The molecule has 20 heavy (non-hydrogen) atoms. The van der Waals surface area contributed by atoms with Gasteiger partial charge in [-0.1, -0.05) is 39.0 Å². The molecule has 1 rings (SSSR count). The quantitative estimate of drug-likeness (QED) is 0.705. The summed E-state index contributed by atoms with van der Waals surface area (Å²) in [5.74, 6) is 0.0840. The largest absolute Gasteiger partial charge is 0.380 e. The molecule has 0 heterocycles. The van der Waals surface area contributed by atoms with E-state index in [1.54, 1.807) is 0 Å². The predicted octanol–water partition coefficient (Wildman–Crippen LogP) is 2.90. The molecular weight excluding hydrogens is 250 g/mol. The van der Waals surface area contributed by atoms with Gasteiger partial charge in [0, 0.05) is 13.2 Å². The van der Waals surface area contributed by atoms with Crippen molar-refractivity contribution in [1.29, 1.82) is 0 Å². The van der Waals surface area contributed by atoms with Crippen LogP contribution in [0.1, 0.15) is 43.9 Å². The second-order valence-corrected chi connectivity index (χ2v) is 4.90. The van der Waals surface area contributed by atoms with Gasteiger partial charge in [-0.15, -0.1) is 0 Å². The highest BCUT2D eigenvalue weighted by Crippen LogP contribution is 2.17. The average molecular weight is 277 g/mol. The summed E-state index contributed by atoms with van der Waals surface area (Å²) in [6, 6.07) is 6.32. The molecule has 3 heteroatoms. The first-order valence-electron chi connectivity index (χ1n) is 7.66. The third-order valence-corrected chi connectivity index (χ3v) is 3.39. The van der Waals surface area contributed by atoms with Crippen LogP contribution < -0.4 is 5.32 Å². The molecule has 0 unspecified atom stereocenters. The number of nitrogens with one attached hydrogen (secondary N) is 1.